The molecule has 0 aliphatic heterocycles. The van der Waals surface area contributed by atoms with E-state index >= 15 is 0 Å². The average molecular weight is 286 g/mol. The van der Waals surface area contributed by atoms with Gasteiger partial charge in [-0.2, -0.15) is 0 Å². The monoisotopic (exact) mass is 286 g/mol. The maximum absolute atomic E-state index is 10.3. The fraction of sp³-hybridized carbons (Fsp3) is 0.444. The van der Waals surface area contributed by atoms with Gasteiger partial charge >= 0.3 is 0 Å². The third kappa shape index (κ3) is 3.36. The standard InChI is InChI=1S/C18H22OS/c19-18(15-7-2-1-3-8-15)13-20-17-11-10-14-6-4-5-9-16(14)12-17/h4-6,9-12,15,18-19H,1-3,7-8,13H2/t18-/m0/s1. The molecule has 2 aromatic carbocycles. The van der Waals surface area contributed by atoms with Gasteiger partial charge in [0.25, 0.3) is 0 Å². The van der Waals surface area contributed by atoms with Crippen LogP contribution in [0.4, 0.5) is 0 Å². The molecule has 2 aromatic rings. The highest BCUT2D eigenvalue weighted by Gasteiger charge is 2.21. The van der Waals surface area contributed by atoms with Gasteiger partial charge in [-0.15, -0.1) is 11.8 Å². The Kier molecular flexibility index (Phi) is 4.64. The zero-order chi connectivity index (χ0) is 13.8. The molecule has 0 aromatic heterocycles. The Bertz CT molecular complexity index is 560. The molecule has 1 aliphatic carbocycles. The summed E-state index contributed by atoms with van der Waals surface area (Å²) in [5.41, 5.74) is 0. The van der Waals surface area contributed by atoms with Gasteiger partial charge < -0.3 is 5.11 Å². The Morgan fingerprint density at radius 3 is 2.55 bits per heavy atom. The van der Waals surface area contributed by atoms with Gasteiger partial charge in [-0.1, -0.05) is 49.6 Å². The SMILES string of the molecule is O[C@@H](CSc1ccc2ccccc2c1)C1CCCCC1. The predicted molar refractivity (Wildman–Crippen MR) is 87.3 cm³/mol. The molecule has 106 valence electrons. The normalized spacial score (nSPS) is 18.2. The van der Waals surface area contributed by atoms with E-state index in [9.17, 15) is 5.11 Å². The number of fused-ring (bicyclic) bond motifs is 1. The minimum Gasteiger partial charge on any atom is -0.392 e. The molecule has 1 nitrogen and oxygen atoms in total. The molecule has 0 spiro atoms. The van der Waals surface area contributed by atoms with Gasteiger partial charge in [-0.05, 0) is 41.7 Å². The first kappa shape index (κ1) is 14.0. The Morgan fingerprint density at radius 2 is 1.75 bits per heavy atom. The minimum absolute atomic E-state index is 0.147. The molecule has 0 amide bonds. The summed E-state index contributed by atoms with van der Waals surface area (Å²) < 4.78 is 0. The maximum Gasteiger partial charge on any atom is 0.0662 e. The van der Waals surface area contributed by atoms with Crippen molar-refractivity contribution in [1.29, 1.82) is 0 Å². The molecule has 1 atom stereocenters. The van der Waals surface area contributed by atoms with Crippen molar-refractivity contribution in [2.75, 3.05) is 5.75 Å². The first-order valence-electron chi connectivity index (χ1n) is 7.62. The van der Waals surface area contributed by atoms with Crippen molar-refractivity contribution in [3.63, 3.8) is 0 Å². The topological polar surface area (TPSA) is 20.2 Å². The second-order valence-corrected chi connectivity index (χ2v) is 6.88. The highest BCUT2D eigenvalue weighted by atomic mass is 32.2. The van der Waals surface area contributed by atoms with E-state index in [1.54, 1.807) is 11.8 Å². The summed E-state index contributed by atoms with van der Waals surface area (Å²) in [4.78, 5) is 1.26. The van der Waals surface area contributed by atoms with Gasteiger partial charge in [0.05, 0.1) is 6.10 Å². The minimum atomic E-state index is -0.147. The first-order chi connectivity index (χ1) is 9.83. The van der Waals surface area contributed by atoms with Crippen molar-refractivity contribution in [3.8, 4) is 0 Å². The summed E-state index contributed by atoms with van der Waals surface area (Å²) >= 11 is 1.79. The molecule has 20 heavy (non-hydrogen) atoms. The smallest absolute Gasteiger partial charge is 0.0662 e. The molecular weight excluding hydrogens is 264 g/mol. The molecule has 1 N–H and O–H groups in total. The number of hydrogen-bond acceptors (Lipinski definition) is 2. The quantitative estimate of drug-likeness (QED) is 0.809. The van der Waals surface area contributed by atoms with Crippen LogP contribution in [0.2, 0.25) is 0 Å². The van der Waals surface area contributed by atoms with Crippen LogP contribution in [-0.2, 0) is 0 Å². The van der Waals surface area contributed by atoms with Gasteiger partial charge in [0.1, 0.15) is 0 Å². The van der Waals surface area contributed by atoms with Crippen LogP contribution in [0.3, 0.4) is 0 Å². The lowest BCUT2D eigenvalue weighted by molar-refractivity contribution is 0.105. The van der Waals surface area contributed by atoms with Crippen LogP contribution in [0.25, 0.3) is 10.8 Å². The lowest BCUT2D eigenvalue weighted by Crippen LogP contribution is -2.24. The zero-order valence-electron chi connectivity index (χ0n) is 11.8. The number of hydrogen-bond donors (Lipinski definition) is 1. The Hall–Kier alpha value is -0.990. The number of aliphatic hydroxyl groups is 1. The van der Waals surface area contributed by atoms with Crippen LogP contribution < -0.4 is 0 Å². The average Bonchev–Trinajstić information content (AvgIpc) is 2.53. The predicted octanol–water partition coefficient (Wildman–Crippen LogP) is 4.87. The maximum atomic E-state index is 10.3. The van der Waals surface area contributed by atoms with Gasteiger partial charge in [-0.3, -0.25) is 0 Å². The Balaban J connectivity index is 1.61. The van der Waals surface area contributed by atoms with Crippen molar-refractivity contribution in [2.45, 2.75) is 43.1 Å². The second kappa shape index (κ2) is 6.64. The summed E-state index contributed by atoms with van der Waals surface area (Å²) in [6.07, 6.45) is 6.21. The molecular formula is C18H22OS. The summed E-state index contributed by atoms with van der Waals surface area (Å²) in [6, 6.07) is 15.0. The number of rotatable bonds is 4. The molecule has 2 heteroatoms. The van der Waals surface area contributed by atoms with Crippen LogP contribution in [0.5, 0.6) is 0 Å². The van der Waals surface area contributed by atoms with Gasteiger partial charge in [0, 0.05) is 10.6 Å². The molecule has 1 fully saturated rings. The zero-order valence-corrected chi connectivity index (χ0v) is 12.6. The van der Waals surface area contributed by atoms with Crippen LogP contribution in [0.1, 0.15) is 32.1 Å². The molecule has 1 aliphatic rings. The van der Waals surface area contributed by atoms with Crippen LogP contribution in [0.15, 0.2) is 47.4 Å². The van der Waals surface area contributed by atoms with E-state index in [1.165, 1.54) is 47.8 Å². The van der Waals surface area contributed by atoms with Crippen molar-refractivity contribution in [3.05, 3.63) is 42.5 Å². The summed E-state index contributed by atoms with van der Waals surface area (Å²) in [6.45, 7) is 0. The van der Waals surface area contributed by atoms with E-state index < -0.39 is 0 Å². The van der Waals surface area contributed by atoms with Gasteiger partial charge in [0.15, 0.2) is 0 Å². The fourth-order valence-corrected chi connectivity index (χ4v) is 4.10. The van der Waals surface area contributed by atoms with Crippen molar-refractivity contribution < 1.29 is 5.11 Å². The Labute approximate surface area is 125 Å². The molecule has 0 bridgehead atoms. The van der Waals surface area contributed by atoms with Crippen molar-refractivity contribution in [2.24, 2.45) is 5.92 Å². The second-order valence-electron chi connectivity index (χ2n) is 5.79. The Morgan fingerprint density at radius 1 is 1.00 bits per heavy atom. The highest BCUT2D eigenvalue weighted by Crippen LogP contribution is 2.30. The van der Waals surface area contributed by atoms with E-state index in [0.29, 0.717) is 5.92 Å². The summed E-state index contributed by atoms with van der Waals surface area (Å²) in [7, 11) is 0. The molecule has 1 saturated carbocycles. The van der Waals surface area contributed by atoms with Crippen molar-refractivity contribution >= 4 is 22.5 Å². The molecule has 3 rings (SSSR count). The number of benzene rings is 2. The summed E-state index contributed by atoms with van der Waals surface area (Å²) in [5, 5.41) is 12.9. The fourth-order valence-electron chi connectivity index (χ4n) is 3.09. The third-order valence-electron chi connectivity index (χ3n) is 4.34. The first-order valence-corrected chi connectivity index (χ1v) is 8.61. The number of thioether (sulfide) groups is 1. The van der Waals surface area contributed by atoms with E-state index in [-0.39, 0.29) is 6.10 Å². The largest absolute Gasteiger partial charge is 0.392 e. The number of aliphatic hydroxyl groups excluding tert-OH is 1. The highest BCUT2D eigenvalue weighted by molar-refractivity contribution is 7.99. The summed E-state index contributed by atoms with van der Waals surface area (Å²) in [5.74, 6) is 1.35. The lowest BCUT2D eigenvalue weighted by Gasteiger charge is -2.26. The van der Waals surface area contributed by atoms with Crippen LogP contribution >= 0.6 is 11.8 Å². The molecule has 0 radical (unpaired) electrons. The molecule has 0 unspecified atom stereocenters. The molecule has 0 saturated heterocycles. The van der Waals surface area contributed by atoms with Crippen LogP contribution in [0, 0.1) is 5.92 Å². The van der Waals surface area contributed by atoms with Crippen molar-refractivity contribution in [1.82, 2.24) is 0 Å². The van der Waals surface area contributed by atoms with Gasteiger partial charge in [0.2, 0.25) is 0 Å². The van der Waals surface area contributed by atoms with Crippen LogP contribution in [-0.4, -0.2) is 17.0 Å². The van der Waals surface area contributed by atoms with E-state index in [0.717, 1.165) is 5.75 Å². The lowest BCUT2D eigenvalue weighted by atomic mass is 9.86. The third-order valence-corrected chi connectivity index (χ3v) is 5.43. The molecule has 0 heterocycles. The van der Waals surface area contributed by atoms with E-state index in [1.807, 2.05) is 0 Å². The van der Waals surface area contributed by atoms with E-state index in [4.69, 9.17) is 0 Å². The van der Waals surface area contributed by atoms with Gasteiger partial charge in [-0.25, -0.2) is 0 Å². The van der Waals surface area contributed by atoms with E-state index in [2.05, 4.69) is 42.5 Å².